The van der Waals surface area contributed by atoms with Crippen molar-refractivity contribution in [1.82, 2.24) is 4.31 Å². The minimum absolute atomic E-state index is 0.543. The molecule has 0 bridgehead atoms. The van der Waals surface area contributed by atoms with Crippen molar-refractivity contribution in [3.63, 3.8) is 0 Å². The fourth-order valence-corrected chi connectivity index (χ4v) is 5.43. The Bertz CT molecular complexity index is 860. The van der Waals surface area contributed by atoms with Crippen LogP contribution in [-0.2, 0) is 10.0 Å². The second kappa shape index (κ2) is 9.92. The van der Waals surface area contributed by atoms with Crippen LogP contribution in [0.1, 0.15) is 13.3 Å². The summed E-state index contributed by atoms with van der Waals surface area (Å²) >= 11 is 16.2. The highest BCUT2D eigenvalue weighted by Gasteiger charge is 2.94. The van der Waals surface area contributed by atoms with Gasteiger partial charge in [-0.3, -0.25) is 0 Å². The van der Waals surface area contributed by atoms with Crippen LogP contribution in [-0.4, -0.2) is 72.9 Å². The van der Waals surface area contributed by atoms with Gasteiger partial charge in [0.25, 0.3) is 10.0 Å². The zero-order valence-corrected chi connectivity index (χ0v) is 20.4. The molecule has 0 amide bonds. The van der Waals surface area contributed by atoms with Gasteiger partial charge in [-0.05, 0) is 12.5 Å². The van der Waals surface area contributed by atoms with E-state index in [1.54, 1.807) is 0 Å². The standard InChI is InChI=1S/C12H11Cl3F15NO2SSi/c1-2-31(4-3-5-35(13,14)15)34(32,33)12(29,30)10(24,25)8(20,21)6(16,17)7(18,19)9(22,23)11(26,27)28/h2-5H2,1H3. The maximum atomic E-state index is 14.1. The number of alkyl halides is 15. The molecule has 0 aliphatic heterocycles. The van der Waals surface area contributed by atoms with Crippen LogP contribution < -0.4 is 0 Å². The second-order valence-corrected chi connectivity index (χ2v) is 17.9. The number of sulfonamides is 1. The summed E-state index contributed by atoms with van der Waals surface area (Å²) in [4.78, 5) is 0. The van der Waals surface area contributed by atoms with Crippen molar-refractivity contribution in [3.05, 3.63) is 0 Å². The first-order valence-corrected chi connectivity index (χ1v) is 15.0. The lowest BCUT2D eigenvalue weighted by atomic mass is 9.94. The van der Waals surface area contributed by atoms with E-state index in [9.17, 15) is 74.3 Å². The third kappa shape index (κ3) is 5.70. The van der Waals surface area contributed by atoms with Crippen molar-refractivity contribution >= 4 is 49.3 Å². The van der Waals surface area contributed by atoms with Gasteiger partial charge in [-0.2, -0.15) is 70.2 Å². The Labute approximate surface area is 201 Å². The van der Waals surface area contributed by atoms with Crippen LogP contribution in [0.2, 0.25) is 6.04 Å². The van der Waals surface area contributed by atoms with E-state index in [0.717, 1.165) is 0 Å². The molecule has 0 heterocycles. The van der Waals surface area contributed by atoms with E-state index in [0.29, 0.717) is 6.92 Å². The lowest BCUT2D eigenvalue weighted by Crippen LogP contribution is -2.73. The van der Waals surface area contributed by atoms with Crippen LogP contribution in [0.4, 0.5) is 65.9 Å². The molecule has 35 heavy (non-hydrogen) atoms. The minimum Gasteiger partial charge on any atom is -0.206 e. The molecule has 0 N–H and O–H groups in total. The Hall–Kier alpha value is -0.0531. The Morgan fingerprint density at radius 2 is 1.00 bits per heavy atom. The van der Waals surface area contributed by atoms with E-state index in [-0.39, 0.29) is 0 Å². The first-order valence-electron chi connectivity index (χ1n) is 8.31. The number of rotatable bonds is 12. The molecule has 0 rings (SSSR count). The number of hydrogen-bond acceptors (Lipinski definition) is 2. The van der Waals surface area contributed by atoms with E-state index < -0.39 is 86.9 Å². The van der Waals surface area contributed by atoms with E-state index in [1.807, 2.05) is 0 Å². The van der Waals surface area contributed by atoms with Gasteiger partial charge in [-0.25, -0.2) is 8.42 Å². The van der Waals surface area contributed by atoms with E-state index in [4.69, 9.17) is 33.2 Å². The van der Waals surface area contributed by atoms with Crippen LogP contribution in [0, 0.1) is 0 Å². The molecule has 212 valence electrons. The molecule has 0 aliphatic rings. The maximum absolute atomic E-state index is 14.1. The summed E-state index contributed by atoms with van der Waals surface area (Å²) in [6, 6.07) is -4.14. The Balaban J connectivity index is 6.63. The van der Waals surface area contributed by atoms with Crippen molar-refractivity contribution in [2.24, 2.45) is 0 Å². The first-order chi connectivity index (χ1) is 14.9. The van der Waals surface area contributed by atoms with Gasteiger partial charge in [-0.15, -0.1) is 33.2 Å². The summed E-state index contributed by atoms with van der Waals surface area (Å²) < 4.78 is 222. The molecule has 0 aromatic heterocycles. The van der Waals surface area contributed by atoms with Gasteiger partial charge in [0, 0.05) is 13.1 Å². The Morgan fingerprint density at radius 3 is 1.31 bits per heavy atom. The fraction of sp³-hybridized carbons (Fsp3) is 1.00. The highest BCUT2D eigenvalue weighted by molar-refractivity contribution is 7.90. The molecule has 0 aromatic rings. The summed E-state index contributed by atoms with van der Waals surface area (Å²) in [6.07, 6.45) is -8.47. The average Bonchev–Trinajstić information content (AvgIpc) is 2.62. The zero-order chi connectivity index (χ0) is 28.9. The Morgan fingerprint density at radius 1 is 0.657 bits per heavy atom. The summed E-state index contributed by atoms with van der Waals surface area (Å²) in [7, 11) is -7.21. The Kier molecular flexibility index (Phi) is 9.91. The molecule has 0 fully saturated rings. The average molecular weight is 653 g/mol. The molecule has 0 aliphatic carbocycles. The van der Waals surface area contributed by atoms with Gasteiger partial charge in [0.15, 0.2) is 0 Å². The van der Waals surface area contributed by atoms with E-state index in [2.05, 4.69) is 0 Å². The molecular formula is C12H11Cl3F15NO2SSi. The van der Waals surface area contributed by atoms with Crippen molar-refractivity contribution in [3.8, 4) is 0 Å². The second-order valence-electron chi connectivity index (χ2n) is 6.60. The monoisotopic (exact) mass is 651 g/mol. The van der Waals surface area contributed by atoms with Crippen molar-refractivity contribution in [2.45, 2.75) is 60.4 Å². The molecule has 0 atom stereocenters. The normalized spacial score (nSPS) is 16.2. The van der Waals surface area contributed by atoms with Crippen LogP contribution in [0.5, 0.6) is 0 Å². The summed E-state index contributed by atoms with van der Waals surface area (Å²) in [6.45, 7) is -1.93. The van der Waals surface area contributed by atoms with Crippen molar-refractivity contribution in [2.75, 3.05) is 13.1 Å². The maximum Gasteiger partial charge on any atom is 0.460 e. The molecule has 23 heteroatoms. The molecular weight excluding hydrogens is 642 g/mol. The number of nitrogens with zero attached hydrogens (tertiary/aromatic N) is 1. The molecule has 0 saturated heterocycles. The van der Waals surface area contributed by atoms with Gasteiger partial charge in [-0.1, -0.05) is 6.92 Å². The smallest absolute Gasteiger partial charge is 0.206 e. The zero-order valence-electron chi connectivity index (χ0n) is 16.3. The quantitative estimate of drug-likeness (QED) is 0.129. The molecule has 0 spiro atoms. The molecule has 0 radical (unpaired) electrons. The summed E-state index contributed by atoms with van der Waals surface area (Å²) in [5.41, 5.74) is 0. The summed E-state index contributed by atoms with van der Waals surface area (Å²) in [5.74, 6) is -41.9. The lowest BCUT2D eigenvalue weighted by molar-refractivity contribution is -0.447. The van der Waals surface area contributed by atoms with Gasteiger partial charge in [0.05, 0.1) is 0 Å². The minimum atomic E-state index is -8.58. The molecule has 3 nitrogen and oxygen atoms in total. The summed E-state index contributed by atoms with van der Waals surface area (Å²) in [5, 5.41) is -7.45. The molecule has 0 aromatic carbocycles. The predicted molar refractivity (Wildman–Crippen MR) is 94.6 cm³/mol. The third-order valence-electron chi connectivity index (χ3n) is 4.18. The van der Waals surface area contributed by atoms with Gasteiger partial charge >= 0.3 is 47.0 Å². The van der Waals surface area contributed by atoms with Gasteiger partial charge in [0.1, 0.15) is 0 Å². The van der Waals surface area contributed by atoms with Crippen LogP contribution in [0.15, 0.2) is 0 Å². The highest BCUT2D eigenvalue weighted by Crippen LogP contribution is 2.63. The van der Waals surface area contributed by atoms with Crippen LogP contribution >= 0.6 is 33.2 Å². The van der Waals surface area contributed by atoms with Crippen LogP contribution in [0.3, 0.4) is 0 Å². The SMILES string of the molecule is CCN(CCC[Si](Cl)(Cl)Cl)S(=O)(=O)C(F)(F)C(F)(F)C(F)(F)C(F)(F)C(F)(F)C(F)(F)C(F)(F)F. The van der Waals surface area contributed by atoms with Crippen molar-refractivity contribution in [1.29, 1.82) is 0 Å². The molecule has 0 saturated carbocycles. The largest absolute Gasteiger partial charge is 0.460 e. The van der Waals surface area contributed by atoms with E-state index >= 15 is 0 Å². The molecule has 0 unspecified atom stereocenters. The van der Waals surface area contributed by atoms with Gasteiger partial charge < -0.3 is 0 Å². The topological polar surface area (TPSA) is 37.4 Å². The highest BCUT2D eigenvalue weighted by atomic mass is 35.8. The van der Waals surface area contributed by atoms with Crippen molar-refractivity contribution < 1.29 is 74.3 Å². The number of hydrogen-bond donors (Lipinski definition) is 0. The van der Waals surface area contributed by atoms with Gasteiger partial charge in [0.2, 0.25) is 0 Å². The third-order valence-corrected chi connectivity index (χ3v) is 8.83. The lowest BCUT2D eigenvalue weighted by Gasteiger charge is -2.41. The predicted octanol–water partition coefficient (Wildman–Crippen LogP) is 7.02. The fourth-order valence-electron chi connectivity index (χ4n) is 2.18. The van der Waals surface area contributed by atoms with E-state index in [1.165, 1.54) is 0 Å². The van der Waals surface area contributed by atoms with Crippen LogP contribution in [0.25, 0.3) is 0 Å². The first kappa shape index (κ1) is 34.9. The number of halogens is 18.